The van der Waals surface area contributed by atoms with E-state index in [2.05, 4.69) is 18.8 Å². The second-order valence-electron chi connectivity index (χ2n) is 3.61. The minimum absolute atomic E-state index is 0.0421. The van der Waals surface area contributed by atoms with Gasteiger partial charge < -0.3 is 10.2 Å². The molecule has 0 aromatic rings. The molecule has 0 aliphatic heterocycles. The first-order valence-corrected chi connectivity index (χ1v) is 5.21. The molecule has 0 saturated heterocycles. The van der Waals surface area contributed by atoms with Gasteiger partial charge in [0.05, 0.1) is 0 Å². The van der Waals surface area contributed by atoms with E-state index in [1.54, 1.807) is 11.8 Å². The summed E-state index contributed by atoms with van der Waals surface area (Å²) in [5.74, 6) is 0.0421. The van der Waals surface area contributed by atoms with Crippen molar-refractivity contribution in [1.82, 2.24) is 10.2 Å². The first-order valence-electron chi connectivity index (χ1n) is 5.21. The minimum Gasteiger partial charge on any atom is -0.342 e. The van der Waals surface area contributed by atoms with Crippen LogP contribution in [0, 0.1) is 0 Å². The minimum atomic E-state index is 0.0421. The molecule has 0 radical (unpaired) electrons. The number of rotatable bonds is 7. The van der Waals surface area contributed by atoms with Crippen molar-refractivity contribution < 1.29 is 4.79 Å². The van der Waals surface area contributed by atoms with Crippen molar-refractivity contribution in [2.45, 2.75) is 26.7 Å². The highest BCUT2D eigenvalue weighted by molar-refractivity contribution is 5.91. The summed E-state index contributed by atoms with van der Waals surface area (Å²) >= 11 is 0. The molecule has 0 rings (SSSR count). The Morgan fingerprint density at radius 3 is 2.57 bits per heavy atom. The maximum Gasteiger partial charge on any atom is 0.248 e. The number of carbonyl (C=O) groups excluding carboxylic acids is 1. The van der Waals surface area contributed by atoms with Crippen LogP contribution in [0.25, 0.3) is 0 Å². The van der Waals surface area contributed by atoms with Crippen molar-refractivity contribution in [2.75, 3.05) is 26.7 Å². The summed E-state index contributed by atoms with van der Waals surface area (Å²) in [5, 5.41) is 3.30. The van der Waals surface area contributed by atoms with Crippen LogP contribution in [0.3, 0.4) is 0 Å². The molecule has 0 saturated carbocycles. The number of likely N-dealkylation sites (N-methyl/N-ethyl adjacent to an activating group) is 1. The molecular formula is C11H22N2O. The van der Waals surface area contributed by atoms with Gasteiger partial charge in [0.2, 0.25) is 5.91 Å². The van der Waals surface area contributed by atoms with Gasteiger partial charge in [0, 0.05) is 19.2 Å². The molecule has 0 heterocycles. The zero-order valence-corrected chi connectivity index (χ0v) is 9.60. The molecular weight excluding hydrogens is 176 g/mol. The molecule has 1 N–H and O–H groups in total. The Morgan fingerprint density at radius 2 is 2.07 bits per heavy atom. The van der Waals surface area contributed by atoms with Crippen molar-refractivity contribution in [1.29, 1.82) is 0 Å². The van der Waals surface area contributed by atoms with Crippen molar-refractivity contribution in [3.8, 4) is 0 Å². The highest BCUT2D eigenvalue weighted by Gasteiger charge is 2.07. The van der Waals surface area contributed by atoms with Crippen molar-refractivity contribution >= 4 is 5.91 Å². The molecule has 3 nitrogen and oxygen atoms in total. The lowest BCUT2D eigenvalue weighted by Gasteiger charge is -2.16. The number of hydrogen-bond acceptors (Lipinski definition) is 2. The number of nitrogens with one attached hydrogen (secondary N) is 1. The second-order valence-corrected chi connectivity index (χ2v) is 3.61. The molecule has 82 valence electrons. The zero-order chi connectivity index (χ0) is 11.0. The molecule has 0 aliphatic carbocycles. The lowest BCUT2D eigenvalue weighted by Crippen LogP contribution is -2.30. The average Bonchev–Trinajstić information content (AvgIpc) is 2.16. The van der Waals surface area contributed by atoms with Crippen LogP contribution < -0.4 is 5.32 Å². The van der Waals surface area contributed by atoms with Crippen LogP contribution in [-0.2, 0) is 4.79 Å². The fourth-order valence-corrected chi connectivity index (χ4v) is 1.17. The van der Waals surface area contributed by atoms with Gasteiger partial charge in [-0.05, 0) is 32.9 Å². The summed E-state index contributed by atoms with van der Waals surface area (Å²) < 4.78 is 0. The van der Waals surface area contributed by atoms with E-state index in [-0.39, 0.29) is 5.91 Å². The Hall–Kier alpha value is -0.830. The van der Waals surface area contributed by atoms with Crippen molar-refractivity contribution in [3.63, 3.8) is 0 Å². The maximum absolute atomic E-state index is 11.4. The van der Waals surface area contributed by atoms with Gasteiger partial charge in [-0.25, -0.2) is 0 Å². The molecule has 0 aromatic carbocycles. The predicted octanol–water partition coefficient (Wildman–Crippen LogP) is 1.41. The van der Waals surface area contributed by atoms with Gasteiger partial charge >= 0.3 is 0 Å². The Morgan fingerprint density at radius 1 is 1.43 bits per heavy atom. The van der Waals surface area contributed by atoms with Crippen molar-refractivity contribution in [3.05, 3.63) is 12.2 Å². The Labute approximate surface area is 87.2 Å². The van der Waals surface area contributed by atoms with E-state index in [4.69, 9.17) is 0 Å². The van der Waals surface area contributed by atoms with E-state index in [0.29, 0.717) is 5.57 Å². The molecule has 3 heteroatoms. The first kappa shape index (κ1) is 13.2. The summed E-state index contributed by atoms with van der Waals surface area (Å²) in [6.07, 6.45) is 2.15. The molecule has 0 aromatic heterocycles. The highest BCUT2D eigenvalue weighted by Crippen LogP contribution is 1.96. The molecule has 0 unspecified atom stereocenters. The van der Waals surface area contributed by atoms with Crippen LogP contribution in [0.2, 0.25) is 0 Å². The summed E-state index contributed by atoms with van der Waals surface area (Å²) in [5.41, 5.74) is 0.606. The normalized spacial score (nSPS) is 9.93. The van der Waals surface area contributed by atoms with Gasteiger partial charge in [-0.1, -0.05) is 13.5 Å². The van der Waals surface area contributed by atoms with Gasteiger partial charge in [-0.2, -0.15) is 0 Å². The number of nitrogens with zero attached hydrogens (tertiary/aromatic N) is 1. The smallest absolute Gasteiger partial charge is 0.248 e. The largest absolute Gasteiger partial charge is 0.342 e. The third-order valence-electron chi connectivity index (χ3n) is 1.99. The predicted molar refractivity (Wildman–Crippen MR) is 60.2 cm³/mol. The van der Waals surface area contributed by atoms with E-state index >= 15 is 0 Å². The van der Waals surface area contributed by atoms with E-state index in [1.165, 1.54) is 0 Å². The van der Waals surface area contributed by atoms with Gasteiger partial charge in [0.15, 0.2) is 0 Å². The standard InChI is InChI=1S/C11H22N2O/c1-5-7-12-8-6-9-13(4)11(14)10(2)3/h12H,2,5-9H2,1,3-4H3. The zero-order valence-electron chi connectivity index (χ0n) is 9.60. The summed E-state index contributed by atoms with van der Waals surface area (Å²) in [6.45, 7) is 10.3. The SMILES string of the molecule is C=C(C)C(=O)N(C)CCCNCCC. The van der Waals surface area contributed by atoms with Crippen LogP contribution in [-0.4, -0.2) is 37.5 Å². The molecule has 0 atom stereocenters. The maximum atomic E-state index is 11.4. The quantitative estimate of drug-likeness (QED) is 0.495. The third kappa shape index (κ3) is 5.75. The van der Waals surface area contributed by atoms with Gasteiger partial charge in [-0.15, -0.1) is 0 Å². The Kier molecular flexibility index (Phi) is 7.11. The van der Waals surface area contributed by atoms with Crippen molar-refractivity contribution in [2.24, 2.45) is 0 Å². The van der Waals surface area contributed by atoms with E-state index in [9.17, 15) is 4.79 Å². The summed E-state index contributed by atoms with van der Waals surface area (Å²) in [6, 6.07) is 0. The van der Waals surface area contributed by atoms with Crippen LogP contribution in [0.1, 0.15) is 26.7 Å². The third-order valence-corrected chi connectivity index (χ3v) is 1.99. The lowest BCUT2D eigenvalue weighted by atomic mass is 10.3. The highest BCUT2D eigenvalue weighted by atomic mass is 16.2. The Bertz CT molecular complexity index is 190. The van der Waals surface area contributed by atoms with E-state index in [1.807, 2.05) is 7.05 Å². The fraction of sp³-hybridized carbons (Fsp3) is 0.727. The van der Waals surface area contributed by atoms with Gasteiger partial charge in [0.1, 0.15) is 0 Å². The fourth-order valence-electron chi connectivity index (χ4n) is 1.17. The second kappa shape index (κ2) is 7.56. The van der Waals surface area contributed by atoms with Gasteiger partial charge in [-0.3, -0.25) is 4.79 Å². The summed E-state index contributed by atoms with van der Waals surface area (Å²) in [4.78, 5) is 13.1. The van der Waals surface area contributed by atoms with Crippen LogP contribution in [0.15, 0.2) is 12.2 Å². The molecule has 0 aliphatic rings. The molecule has 0 fully saturated rings. The molecule has 0 spiro atoms. The monoisotopic (exact) mass is 198 g/mol. The topological polar surface area (TPSA) is 32.3 Å². The van der Waals surface area contributed by atoms with E-state index in [0.717, 1.165) is 32.5 Å². The number of amides is 1. The number of hydrogen-bond donors (Lipinski definition) is 1. The molecule has 14 heavy (non-hydrogen) atoms. The molecule has 0 bridgehead atoms. The van der Waals surface area contributed by atoms with E-state index < -0.39 is 0 Å². The molecule has 1 amide bonds. The first-order chi connectivity index (χ1) is 6.59. The Balaban J connectivity index is 3.49. The summed E-state index contributed by atoms with van der Waals surface area (Å²) in [7, 11) is 1.82. The van der Waals surface area contributed by atoms with Crippen LogP contribution >= 0.6 is 0 Å². The van der Waals surface area contributed by atoms with Gasteiger partial charge in [0.25, 0.3) is 0 Å². The van der Waals surface area contributed by atoms with Crippen LogP contribution in [0.5, 0.6) is 0 Å². The van der Waals surface area contributed by atoms with Crippen LogP contribution in [0.4, 0.5) is 0 Å². The number of carbonyl (C=O) groups is 1. The lowest BCUT2D eigenvalue weighted by molar-refractivity contribution is -0.125. The average molecular weight is 198 g/mol.